The Bertz CT molecular complexity index is 1110. The molecule has 0 bridgehead atoms. The molecule has 1 unspecified atom stereocenters. The van der Waals surface area contributed by atoms with Crippen molar-refractivity contribution < 1.29 is 9.53 Å². The van der Waals surface area contributed by atoms with Crippen LogP contribution in [0.5, 0.6) is 0 Å². The lowest BCUT2D eigenvalue weighted by Gasteiger charge is -2.39. The molecule has 4 rings (SSSR count). The predicted molar refractivity (Wildman–Crippen MR) is 121 cm³/mol. The van der Waals surface area contributed by atoms with E-state index in [0.717, 1.165) is 11.4 Å². The highest BCUT2D eigenvalue weighted by molar-refractivity contribution is 5.90. The highest BCUT2D eigenvalue weighted by Crippen LogP contribution is 2.27. The monoisotopic (exact) mass is 438 g/mol. The van der Waals surface area contributed by atoms with Crippen molar-refractivity contribution in [3.8, 4) is 11.4 Å². The number of rotatable bonds is 6. The molecule has 3 aromatic heterocycles. The summed E-state index contributed by atoms with van der Waals surface area (Å²) in [7, 11) is 0. The Hall–Kier alpha value is -3.14. The lowest BCUT2D eigenvalue weighted by molar-refractivity contribution is -0.146. The number of imidazole rings is 1. The standard InChI is InChI=1S/C22H30N8O2/c1-6-16(21(31)29-8-9-32-22(4,5)12-29)27-18-17-20(26-13-25-18)30(7-2)19(28-17)15-10-23-14(3)24-11-15/h10-11,13,16H,6-9,12H2,1-5H3,(H,25,26,27). The quantitative estimate of drug-likeness (QED) is 0.625. The van der Waals surface area contributed by atoms with Crippen molar-refractivity contribution >= 4 is 22.9 Å². The first kappa shape index (κ1) is 22.1. The highest BCUT2D eigenvalue weighted by Gasteiger charge is 2.33. The van der Waals surface area contributed by atoms with Gasteiger partial charge in [0.2, 0.25) is 5.91 Å². The smallest absolute Gasteiger partial charge is 0.245 e. The molecule has 1 amide bonds. The molecule has 0 aliphatic carbocycles. The minimum Gasteiger partial charge on any atom is -0.372 e. The minimum absolute atomic E-state index is 0.0396. The summed E-state index contributed by atoms with van der Waals surface area (Å²) in [6, 6.07) is -0.417. The molecule has 3 aromatic rings. The van der Waals surface area contributed by atoms with Crippen molar-refractivity contribution in [2.45, 2.75) is 59.2 Å². The highest BCUT2D eigenvalue weighted by atomic mass is 16.5. The molecule has 0 saturated carbocycles. The zero-order valence-electron chi connectivity index (χ0n) is 19.3. The van der Waals surface area contributed by atoms with E-state index in [0.29, 0.717) is 55.5 Å². The number of carbonyl (C=O) groups is 1. The van der Waals surface area contributed by atoms with Gasteiger partial charge in [0.15, 0.2) is 17.0 Å². The summed E-state index contributed by atoms with van der Waals surface area (Å²) >= 11 is 0. The topological polar surface area (TPSA) is 111 Å². The van der Waals surface area contributed by atoms with Crippen LogP contribution < -0.4 is 5.32 Å². The molecule has 4 heterocycles. The summed E-state index contributed by atoms with van der Waals surface area (Å²) in [5, 5.41) is 3.33. The minimum atomic E-state index is -0.417. The molecule has 10 heteroatoms. The van der Waals surface area contributed by atoms with Crippen LogP contribution in [0.15, 0.2) is 18.7 Å². The zero-order valence-corrected chi connectivity index (χ0v) is 19.3. The Morgan fingerprint density at radius 3 is 2.62 bits per heavy atom. The number of aryl methyl sites for hydroxylation is 2. The fourth-order valence-electron chi connectivity index (χ4n) is 4.00. The molecule has 1 N–H and O–H groups in total. The summed E-state index contributed by atoms with van der Waals surface area (Å²) < 4.78 is 7.76. The number of nitrogens with zero attached hydrogens (tertiary/aromatic N) is 7. The van der Waals surface area contributed by atoms with Crippen LogP contribution in [-0.4, -0.2) is 71.6 Å². The number of morpholine rings is 1. The first-order valence-corrected chi connectivity index (χ1v) is 11.0. The molecule has 1 atom stereocenters. The van der Waals surface area contributed by atoms with Crippen molar-refractivity contribution in [1.82, 2.24) is 34.4 Å². The van der Waals surface area contributed by atoms with Gasteiger partial charge < -0.3 is 19.5 Å². The van der Waals surface area contributed by atoms with Crippen molar-refractivity contribution in [3.05, 3.63) is 24.5 Å². The average molecular weight is 439 g/mol. The lowest BCUT2D eigenvalue weighted by Crippen LogP contribution is -2.54. The second-order valence-corrected chi connectivity index (χ2v) is 8.57. The Morgan fingerprint density at radius 1 is 1.22 bits per heavy atom. The average Bonchev–Trinajstić information content (AvgIpc) is 3.16. The summed E-state index contributed by atoms with van der Waals surface area (Å²) in [5.41, 5.74) is 1.79. The van der Waals surface area contributed by atoms with E-state index in [2.05, 4.69) is 25.3 Å². The van der Waals surface area contributed by atoms with Crippen molar-refractivity contribution in [2.24, 2.45) is 0 Å². The van der Waals surface area contributed by atoms with Gasteiger partial charge in [0.25, 0.3) is 0 Å². The van der Waals surface area contributed by atoms with Gasteiger partial charge in [-0.2, -0.15) is 0 Å². The maximum Gasteiger partial charge on any atom is 0.245 e. The predicted octanol–water partition coefficient (Wildman–Crippen LogP) is 2.44. The van der Waals surface area contributed by atoms with Crippen LogP contribution in [0.2, 0.25) is 0 Å². The normalized spacial score (nSPS) is 16.8. The molecule has 1 aliphatic heterocycles. The summed E-state index contributed by atoms with van der Waals surface area (Å²) in [6.45, 7) is 12.2. The van der Waals surface area contributed by atoms with Gasteiger partial charge in [-0.1, -0.05) is 6.92 Å². The molecule has 0 spiro atoms. The van der Waals surface area contributed by atoms with Crippen LogP contribution >= 0.6 is 0 Å². The summed E-state index contributed by atoms with van der Waals surface area (Å²) in [5.74, 6) is 2.01. The molecule has 32 heavy (non-hydrogen) atoms. The first-order chi connectivity index (χ1) is 15.3. The van der Waals surface area contributed by atoms with Gasteiger partial charge in [0.1, 0.15) is 24.0 Å². The van der Waals surface area contributed by atoms with Gasteiger partial charge in [-0.25, -0.2) is 24.9 Å². The van der Waals surface area contributed by atoms with Gasteiger partial charge >= 0.3 is 0 Å². The third-order valence-electron chi connectivity index (χ3n) is 5.64. The summed E-state index contributed by atoms with van der Waals surface area (Å²) in [4.78, 5) is 37.4. The van der Waals surface area contributed by atoms with Gasteiger partial charge in [0.05, 0.1) is 17.8 Å². The SMILES string of the molecule is CCC(Nc1ncnc2c1nc(-c1cnc(C)nc1)n2CC)C(=O)N1CCOC(C)(C)C1. The third-order valence-corrected chi connectivity index (χ3v) is 5.64. The Kier molecular flexibility index (Phi) is 6.05. The molecule has 1 aliphatic rings. The lowest BCUT2D eigenvalue weighted by atomic mass is 10.1. The zero-order chi connectivity index (χ0) is 22.9. The molecular weight excluding hydrogens is 408 g/mol. The fourth-order valence-corrected chi connectivity index (χ4v) is 4.00. The van der Waals surface area contributed by atoms with E-state index >= 15 is 0 Å². The van der Waals surface area contributed by atoms with E-state index < -0.39 is 6.04 Å². The number of hydrogen-bond acceptors (Lipinski definition) is 8. The number of ether oxygens (including phenoxy) is 1. The van der Waals surface area contributed by atoms with Crippen LogP contribution in [0.25, 0.3) is 22.6 Å². The van der Waals surface area contributed by atoms with Crippen molar-refractivity contribution in [1.29, 1.82) is 0 Å². The second-order valence-electron chi connectivity index (χ2n) is 8.57. The maximum atomic E-state index is 13.3. The van der Waals surface area contributed by atoms with E-state index in [1.807, 2.05) is 44.1 Å². The molecule has 1 saturated heterocycles. The number of anilines is 1. The first-order valence-electron chi connectivity index (χ1n) is 11.0. The van der Waals surface area contributed by atoms with Crippen LogP contribution in [0.3, 0.4) is 0 Å². The van der Waals surface area contributed by atoms with Gasteiger partial charge in [-0.05, 0) is 34.1 Å². The Labute approximate surface area is 187 Å². The number of fused-ring (bicyclic) bond motifs is 1. The van der Waals surface area contributed by atoms with Crippen molar-refractivity contribution in [3.63, 3.8) is 0 Å². The van der Waals surface area contributed by atoms with E-state index in [9.17, 15) is 4.79 Å². The molecule has 1 fully saturated rings. The second kappa shape index (κ2) is 8.78. The van der Waals surface area contributed by atoms with Crippen LogP contribution in [0, 0.1) is 6.92 Å². The van der Waals surface area contributed by atoms with E-state index in [4.69, 9.17) is 9.72 Å². The fraction of sp³-hybridized carbons (Fsp3) is 0.545. The maximum absolute atomic E-state index is 13.3. The third kappa shape index (κ3) is 4.27. The van der Waals surface area contributed by atoms with Crippen LogP contribution in [0.4, 0.5) is 5.82 Å². The van der Waals surface area contributed by atoms with Gasteiger partial charge in [0, 0.05) is 32.0 Å². The van der Waals surface area contributed by atoms with Gasteiger partial charge in [-0.15, -0.1) is 0 Å². The van der Waals surface area contributed by atoms with Crippen LogP contribution in [0.1, 0.15) is 39.9 Å². The molecular formula is C22H30N8O2. The molecule has 170 valence electrons. The Balaban J connectivity index is 1.66. The van der Waals surface area contributed by atoms with E-state index in [-0.39, 0.29) is 11.5 Å². The number of hydrogen-bond donors (Lipinski definition) is 1. The van der Waals surface area contributed by atoms with E-state index in [1.54, 1.807) is 12.4 Å². The van der Waals surface area contributed by atoms with Crippen LogP contribution in [-0.2, 0) is 16.1 Å². The number of nitrogens with one attached hydrogen (secondary N) is 1. The van der Waals surface area contributed by atoms with Gasteiger partial charge in [-0.3, -0.25) is 4.79 Å². The number of carbonyl (C=O) groups excluding carboxylic acids is 1. The summed E-state index contributed by atoms with van der Waals surface area (Å²) in [6.07, 6.45) is 5.64. The largest absolute Gasteiger partial charge is 0.372 e. The molecule has 0 aromatic carbocycles. The molecule has 10 nitrogen and oxygen atoms in total. The van der Waals surface area contributed by atoms with E-state index in [1.165, 1.54) is 6.33 Å². The Morgan fingerprint density at radius 2 is 1.97 bits per heavy atom. The number of amides is 1. The molecule has 0 radical (unpaired) electrons. The number of aromatic nitrogens is 6. The van der Waals surface area contributed by atoms with Crippen molar-refractivity contribution in [2.75, 3.05) is 25.0 Å².